The van der Waals surface area contributed by atoms with Gasteiger partial charge in [-0.05, 0) is 30.7 Å². The van der Waals surface area contributed by atoms with Crippen LogP contribution in [0.15, 0.2) is 67.0 Å². The average molecular weight is 525 g/mol. The topological polar surface area (TPSA) is 77.6 Å². The van der Waals surface area contributed by atoms with E-state index in [4.69, 9.17) is 11.6 Å². The molecule has 2 aromatic carbocycles. The zero-order valence-corrected chi connectivity index (χ0v) is 20.3. The number of benzene rings is 2. The van der Waals surface area contributed by atoms with Gasteiger partial charge in [0.1, 0.15) is 12.4 Å². The lowest BCUT2D eigenvalue weighted by Crippen LogP contribution is -2.19. The van der Waals surface area contributed by atoms with Crippen molar-refractivity contribution in [3.63, 3.8) is 0 Å². The fourth-order valence-corrected chi connectivity index (χ4v) is 4.33. The molecule has 5 aromatic rings. The Morgan fingerprint density at radius 1 is 1.14 bits per heavy atom. The van der Waals surface area contributed by atoms with E-state index in [0.29, 0.717) is 28.2 Å². The van der Waals surface area contributed by atoms with Crippen molar-refractivity contribution in [1.82, 2.24) is 24.5 Å². The Labute approximate surface area is 214 Å². The number of fused-ring (bicyclic) bond motifs is 1. The number of hydrogen-bond acceptors (Lipinski definition) is 4. The van der Waals surface area contributed by atoms with E-state index in [1.54, 1.807) is 48.1 Å². The normalized spacial score (nSPS) is 11.4. The summed E-state index contributed by atoms with van der Waals surface area (Å²) in [5.41, 5.74) is 2.50. The number of hydrogen-bond donors (Lipinski definition) is 1. The number of rotatable bonds is 7. The van der Waals surface area contributed by atoms with Crippen LogP contribution in [0.5, 0.6) is 0 Å². The van der Waals surface area contributed by atoms with Gasteiger partial charge in [-0.15, -0.1) is 0 Å². The largest absolute Gasteiger partial charge is 0.322 e. The third kappa shape index (κ3) is 5.19. The van der Waals surface area contributed by atoms with Crippen molar-refractivity contribution >= 4 is 34.2 Å². The molecule has 0 saturated carbocycles. The third-order valence-corrected chi connectivity index (χ3v) is 6.12. The first-order valence-electron chi connectivity index (χ1n) is 11.3. The van der Waals surface area contributed by atoms with Crippen LogP contribution in [-0.2, 0) is 17.9 Å². The first kappa shape index (κ1) is 24.5. The molecule has 0 aliphatic heterocycles. The molecule has 0 fully saturated rings. The first-order valence-corrected chi connectivity index (χ1v) is 11.6. The summed E-state index contributed by atoms with van der Waals surface area (Å²) >= 11 is 6.08. The average Bonchev–Trinajstić information content (AvgIpc) is 3.44. The summed E-state index contributed by atoms with van der Waals surface area (Å²) in [6, 6.07) is 14.4. The molecule has 188 valence electrons. The van der Waals surface area contributed by atoms with Gasteiger partial charge in [0.2, 0.25) is 5.91 Å². The molecule has 5 rings (SSSR count). The van der Waals surface area contributed by atoms with Gasteiger partial charge < -0.3 is 5.32 Å². The van der Waals surface area contributed by atoms with Crippen molar-refractivity contribution in [2.24, 2.45) is 0 Å². The van der Waals surface area contributed by atoms with Crippen LogP contribution in [0.2, 0.25) is 5.02 Å². The molecule has 0 spiro atoms. The second-order valence-electron chi connectivity index (χ2n) is 8.42. The van der Waals surface area contributed by atoms with Crippen LogP contribution in [-0.4, -0.2) is 30.5 Å². The number of nitrogens with one attached hydrogen (secondary N) is 1. The predicted octanol–water partition coefficient (Wildman–Crippen LogP) is 6.02. The molecule has 1 N–H and O–H groups in total. The zero-order chi connectivity index (χ0) is 26.1. The standard InChI is InChI=1S/C26H20ClF3N6O/c1-15-24-20(25(29)30)10-22(16-5-3-2-4-6-16)33-26(24)36(34-15)14-23(37)32-19-11-31-35(13-19)12-17-7-8-18(28)9-21(17)27/h2-11,13,25H,12,14H2,1H3,(H,32,37). The number of aryl methyl sites for hydroxylation is 1. The van der Waals surface area contributed by atoms with Gasteiger partial charge in [0, 0.05) is 22.3 Å². The number of anilines is 1. The smallest absolute Gasteiger partial charge is 0.264 e. The van der Waals surface area contributed by atoms with Crippen molar-refractivity contribution in [2.45, 2.75) is 26.4 Å². The van der Waals surface area contributed by atoms with E-state index in [-0.39, 0.29) is 34.7 Å². The van der Waals surface area contributed by atoms with Gasteiger partial charge in [-0.25, -0.2) is 22.8 Å². The van der Waals surface area contributed by atoms with Crippen molar-refractivity contribution < 1.29 is 18.0 Å². The second kappa shape index (κ2) is 10.1. The monoisotopic (exact) mass is 524 g/mol. The van der Waals surface area contributed by atoms with Crippen LogP contribution in [0.3, 0.4) is 0 Å². The van der Waals surface area contributed by atoms with Crippen molar-refractivity contribution in [1.29, 1.82) is 0 Å². The Hall–Kier alpha value is -4.18. The van der Waals surface area contributed by atoms with Gasteiger partial charge in [-0.3, -0.25) is 9.48 Å². The number of carbonyl (C=O) groups is 1. The fourth-order valence-electron chi connectivity index (χ4n) is 4.10. The molecule has 0 unspecified atom stereocenters. The highest BCUT2D eigenvalue weighted by atomic mass is 35.5. The highest BCUT2D eigenvalue weighted by Gasteiger charge is 2.22. The summed E-state index contributed by atoms with van der Waals surface area (Å²) in [6.45, 7) is 1.64. The van der Waals surface area contributed by atoms with Crippen LogP contribution in [0, 0.1) is 12.7 Å². The summed E-state index contributed by atoms with van der Waals surface area (Å²) in [5.74, 6) is -0.871. The Morgan fingerprint density at radius 3 is 2.65 bits per heavy atom. The SMILES string of the molecule is Cc1nn(CC(=O)Nc2cnn(Cc3ccc(F)cc3Cl)c2)c2nc(-c3ccccc3)cc(C(F)F)c12. The van der Waals surface area contributed by atoms with Crippen molar-refractivity contribution in [2.75, 3.05) is 5.32 Å². The predicted molar refractivity (Wildman–Crippen MR) is 134 cm³/mol. The molecule has 7 nitrogen and oxygen atoms in total. The summed E-state index contributed by atoms with van der Waals surface area (Å²) in [4.78, 5) is 17.4. The summed E-state index contributed by atoms with van der Waals surface area (Å²) in [6.07, 6.45) is 0.325. The third-order valence-electron chi connectivity index (χ3n) is 5.77. The fraction of sp³-hybridized carbons (Fsp3) is 0.154. The van der Waals surface area contributed by atoms with E-state index in [1.807, 2.05) is 6.07 Å². The number of halogens is 4. The minimum Gasteiger partial charge on any atom is -0.322 e. The zero-order valence-electron chi connectivity index (χ0n) is 19.5. The van der Waals surface area contributed by atoms with Gasteiger partial charge in [0.25, 0.3) is 6.43 Å². The molecule has 0 bridgehead atoms. The van der Waals surface area contributed by atoms with Crippen molar-refractivity contribution in [3.8, 4) is 11.3 Å². The molecule has 3 heterocycles. The molecule has 0 radical (unpaired) electrons. The minimum atomic E-state index is -2.74. The van der Waals surface area contributed by atoms with E-state index in [2.05, 4.69) is 20.5 Å². The van der Waals surface area contributed by atoms with Gasteiger partial charge >= 0.3 is 0 Å². The van der Waals surface area contributed by atoms with Gasteiger partial charge in [0.15, 0.2) is 5.65 Å². The lowest BCUT2D eigenvalue weighted by molar-refractivity contribution is -0.116. The van der Waals surface area contributed by atoms with Gasteiger partial charge in [-0.2, -0.15) is 10.2 Å². The molecule has 3 aromatic heterocycles. The second-order valence-corrected chi connectivity index (χ2v) is 8.82. The number of amides is 1. The number of pyridine rings is 1. The van der Waals surface area contributed by atoms with Crippen molar-refractivity contribution in [3.05, 3.63) is 94.7 Å². The van der Waals surface area contributed by atoms with Gasteiger partial charge in [0.05, 0.1) is 35.2 Å². The number of nitrogens with zero attached hydrogens (tertiary/aromatic N) is 5. The van der Waals surface area contributed by atoms with E-state index >= 15 is 0 Å². The molecular formula is C26H20ClF3N6O. The van der Waals surface area contributed by atoms with E-state index in [0.717, 1.165) is 0 Å². The van der Waals surface area contributed by atoms with Crippen LogP contribution < -0.4 is 5.32 Å². The number of alkyl halides is 2. The number of carbonyl (C=O) groups excluding carboxylic acids is 1. The quantitative estimate of drug-likeness (QED) is 0.282. The molecule has 11 heteroatoms. The van der Waals surface area contributed by atoms with Crippen LogP contribution in [0.1, 0.15) is 23.2 Å². The maximum atomic E-state index is 14.0. The lowest BCUT2D eigenvalue weighted by Gasteiger charge is -2.09. The van der Waals surface area contributed by atoms with E-state index < -0.39 is 18.1 Å². The van der Waals surface area contributed by atoms with Crippen LogP contribution in [0.25, 0.3) is 22.3 Å². The molecule has 0 aliphatic carbocycles. The van der Waals surface area contributed by atoms with E-state index in [9.17, 15) is 18.0 Å². The Kier molecular flexibility index (Phi) is 6.66. The Morgan fingerprint density at radius 2 is 1.92 bits per heavy atom. The van der Waals surface area contributed by atoms with Crippen LogP contribution >= 0.6 is 11.6 Å². The molecule has 37 heavy (non-hydrogen) atoms. The molecular weight excluding hydrogens is 505 g/mol. The van der Waals surface area contributed by atoms with Gasteiger partial charge in [-0.1, -0.05) is 48.0 Å². The Bertz CT molecular complexity index is 1600. The lowest BCUT2D eigenvalue weighted by atomic mass is 10.1. The molecule has 0 aliphatic rings. The maximum Gasteiger partial charge on any atom is 0.264 e. The first-order chi connectivity index (χ1) is 17.8. The van der Waals surface area contributed by atoms with E-state index in [1.165, 1.54) is 29.1 Å². The molecule has 1 amide bonds. The summed E-state index contributed by atoms with van der Waals surface area (Å²) in [7, 11) is 0. The summed E-state index contributed by atoms with van der Waals surface area (Å²) < 4.78 is 44.1. The molecule has 0 saturated heterocycles. The maximum absolute atomic E-state index is 14.0. The minimum absolute atomic E-state index is 0.186. The highest BCUT2D eigenvalue weighted by Crippen LogP contribution is 2.33. The number of aromatic nitrogens is 5. The van der Waals surface area contributed by atoms with Crippen LogP contribution in [0.4, 0.5) is 18.9 Å². The molecule has 0 atom stereocenters. The Balaban J connectivity index is 1.38. The summed E-state index contributed by atoms with van der Waals surface area (Å²) in [5, 5.41) is 11.7. The highest BCUT2D eigenvalue weighted by molar-refractivity contribution is 6.31.